The van der Waals surface area contributed by atoms with Crippen LogP contribution in [-0.2, 0) is 6.42 Å². The summed E-state index contributed by atoms with van der Waals surface area (Å²) in [5, 5.41) is 9.50. The molecular formula is C29H32F2O3. The lowest BCUT2D eigenvalue weighted by atomic mass is 9.96. The first-order chi connectivity index (χ1) is 16.5. The lowest BCUT2D eigenvalue weighted by Gasteiger charge is -2.11. The number of carboxylic acid groups (broad SMARTS) is 1. The fourth-order valence-corrected chi connectivity index (χ4v) is 4.12. The summed E-state index contributed by atoms with van der Waals surface area (Å²) in [6, 6.07) is 19.8. The molecule has 3 aromatic rings. The van der Waals surface area contributed by atoms with Gasteiger partial charge in [-0.25, -0.2) is 4.79 Å². The summed E-state index contributed by atoms with van der Waals surface area (Å²) in [4.78, 5) is 11.6. The van der Waals surface area contributed by atoms with Gasteiger partial charge in [-0.2, -0.15) is 8.78 Å². The van der Waals surface area contributed by atoms with E-state index in [0.717, 1.165) is 17.5 Å². The highest BCUT2D eigenvalue weighted by molar-refractivity contribution is 5.96. The van der Waals surface area contributed by atoms with Crippen molar-refractivity contribution in [2.75, 3.05) is 0 Å². The Morgan fingerprint density at radius 2 is 1.35 bits per heavy atom. The highest BCUT2D eigenvalue weighted by atomic mass is 19.3. The van der Waals surface area contributed by atoms with E-state index in [1.165, 1.54) is 68.7 Å². The van der Waals surface area contributed by atoms with Crippen LogP contribution in [0.25, 0.3) is 22.3 Å². The molecule has 0 aliphatic carbocycles. The number of hydrogen-bond donors (Lipinski definition) is 1. The van der Waals surface area contributed by atoms with Gasteiger partial charge in [0.1, 0.15) is 5.75 Å². The van der Waals surface area contributed by atoms with Crippen LogP contribution < -0.4 is 4.74 Å². The quantitative estimate of drug-likeness (QED) is 0.257. The highest BCUT2D eigenvalue weighted by Crippen LogP contribution is 2.31. The van der Waals surface area contributed by atoms with Gasteiger partial charge < -0.3 is 9.84 Å². The molecule has 0 bridgehead atoms. The maximum Gasteiger partial charge on any atom is 0.387 e. The molecule has 34 heavy (non-hydrogen) atoms. The van der Waals surface area contributed by atoms with Crippen LogP contribution in [0.1, 0.15) is 67.8 Å². The van der Waals surface area contributed by atoms with E-state index >= 15 is 0 Å². The molecule has 3 rings (SSSR count). The zero-order valence-electron chi connectivity index (χ0n) is 19.6. The number of ether oxygens (including phenoxy) is 1. The average Bonchev–Trinajstić information content (AvgIpc) is 2.83. The van der Waals surface area contributed by atoms with E-state index in [1.54, 1.807) is 12.1 Å². The molecule has 0 unspecified atom stereocenters. The maximum atomic E-state index is 12.6. The van der Waals surface area contributed by atoms with E-state index in [4.69, 9.17) is 0 Å². The zero-order chi connectivity index (χ0) is 24.3. The van der Waals surface area contributed by atoms with Crippen LogP contribution >= 0.6 is 0 Å². The van der Waals surface area contributed by atoms with Crippen molar-refractivity contribution in [2.45, 2.75) is 64.9 Å². The van der Waals surface area contributed by atoms with Gasteiger partial charge in [-0.15, -0.1) is 0 Å². The molecule has 0 fully saturated rings. The topological polar surface area (TPSA) is 46.5 Å². The van der Waals surface area contributed by atoms with Crippen molar-refractivity contribution >= 4 is 5.97 Å². The van der Waals surface area contributed by atoms with E-state index in [9.17, 15) is 18.7 Å². The molecule has 0 saturated carbocycles. The molecule has 0 aliphatic heterocycles. The number of carboxylic acids is 1. The first-order valence-electron chi connectivity index (χ1n) is 12.0. The summed E-state index contributed by atoms with van der Waals surface area (Å²) in [5.74, 6) is -1.20. The number of rotatable bonds is 13. The molecular weight excluding hydrogens is 434 g/mol. The van der Waals surface area contributed by atoms with Gasteiger partial charge in [0, 0.05) is 0 Å². The third kappa shape index (κ3) is 7.41. The normalized spacial score (nSPS) is 11.1. The van der Waals surface area contributed by atoms with Crippen LogP contribution in [0.3, 0.4) is 0 Å². The maximum absolute atomic E-state index is 12.6. The summed E-state index contributed by atoms with van der Waals surface area (Å²) in [7, 11) is 0. The number of hydrogen-bond acceptors (Lipinski definition) is 2. The molecule has 1 N–H and O–H groups in total. The minimum absolute atomic E-state index is 0.0316. The standard InChI is InChI=1S/C29H32F2O3/c1-2-3-4-5-6-7-8-9-21-10-12-22(13-11-21)23-14-16-24(17-15-23)27-20-25(34-29(30)31)18-19-26(27)28(32)33/h10-20,29H,2-9H2,1H3,(H,32,33). The summed E-state index contributed by atoms with van der Waals surface area (Å²) >= 11 is 0. The Kier molecular flexibility index (Phi) is 9.62. The second-order valence-electron chi connectivity index (χ2n) is 8.54. The summed E-state index contributed by atoms with van der Waals surface area (Å²) in [5.41, 5.74) is 4.39. The van der Waals surface area contributed by atoms with Crippen molar-refractivity contribution in [3.05, 3.63) is 77.9 Å². The molecule has 0 amide bonds. The van der Waals surface area contributed by atoms with Crippen molar-refractivity contribution in [3.63, 3.8) is 0 Å². The Balaban J connectivity index is 1.65. The molecule has 0 aliphatic rings. The summed E-state index contributed by atoms with van der Waals surface area (Å²) in [6.45, 7) is -0.736. The summed E-state index contributed by atoms with van der Waals surface area (Å²) < 4.78 is 29.6. The predicted octanol–water partition coefficient (Wildman–Crippen LogP) is 8.61. The minimum atomic E-state index is -2.97. The largest absolute Gasteiger partial charge is 0.478 e. The van der Waals surface area contributed by atoms with Crippen LogP contribution in [-0.4, -0.2) is 17.7 Å². The van der Waals surface area contributed by atoms with Crippen LogP contribution in [0.2, 0.25) is 0 Å². The highest BCUT2D eigenvalue weighted by Gasteiger charge is 2.15. The predicted molar refractivity (Wildman–Crippen MR) is 133 cm³/mol. The Hall–Kier alpha value is -3.21. The fourth-order valence-electron chi connectivity index (χ4n) is 4.12. The number of aromatic carboxylic acids is 1. The Labute approximate surface area is 200 Å². The Morgan fingerprint density at radius 3 is 1.94 bits per heavy atom. The number of aryl methyl sites for hydroxylation is 1. The van der Waals surface area contributed by atoms with Gasteiger partial charge in [0.05, 0.1) is 5.56 Å². The van der Waals surface area contributed by atoms with Crippen molar-refractivity contribution < 1.29 is 23.4 Å². The van der Waals surface area contributed by atoms with Crippen LogP contribution in [0.4, 0.5) is 8.78 Å². The molecule has 0 atom stereocenters. The van der Waals surface area contributed by atoms with Crippen molar-refractivity contribution in [1.82, 2.24) is 0 Å². The third-order valence-corrected chi connectivity index (χ3v) is 6.00. The molecule has 5 heteroatoms. The smallest absolute Gasteiger partial charge is 0.387 e. The lowest BCUT2D eigenvalue weighted by molar-refractivity contribution is -0.0498. The number of carbonyl (C=O) groups is 1. The Morgan fingerprint density at radius 1 is 0.794 bits per heavy atom. The SMILES string of the molecule is CCCCCCCCCc1ccc(-c2ccc(-c3cc(OC(F)F)ccc3C(=O)O)cc2)cc1. The molecule has 3 aromatic carbocycles. The van der Waals surface area contributed by atoms with E-state index in [1.807, 2.05) is 12.1 Å². The van der Waals surface area contributed by atoms with Crippen molar-refractivity contribution in [2.24, 2.45) is 0 Å². The molecule has 0 heterocycles. The van der Waals surface area contributed by atoms with Gasteiger partial charge in [0.15, 0.2) is 0 Å². The molecule has 180 valence electrons. The zero-order valence-corrected chi connectivity index (χ0v) is 19.6. The van der Waals surface area contributed by atoms with Crippen LogP contribution in [0.5, 0.6) is 5.75 Å². The van der Waals surface area contributed by atoms with E-state index in [2.05, 4.69) is 35.9 Å². The number of unbranched alkanes of at least 4 members (excludes halogenated alkanes) is 6. The lowest BCUT2D eigenvalue weighted by Crippen LogP contribution is -2.04. The van der Waals surface area contributed by atoms with Gasteiger partial charge in [0.25, 0.3) is 0 Å². The Bertz CT molecular complexity index is 1040. The number of alkyl halides is 2. The average molecular weight is 467 g/mol. The van der Waals surface area contributed by atoms with Crippen molar-refractivity contribution in [3.8, 4) is 28.0 Å². The third-order valence-electron chi connectivity index (χ3n) is 6.00. The molecule has 0 spiro atoms. The summed E-state index contributed by atoms with van der Waals surface area (Å²) in [6.07, 6.45) is 10.2. The first-order valence-corrected chi connectivity index (χ1v) is 12.0. The van der Waals surface area contributed by atoms with Gasteiger partial charge in [-0.1, -0.05) is 94.0 Å². The second kappa shape index (κ2) is 12.9. The van der Waals surface area contributed by atoms with E-state index in [-0.39, 0.29) is 11.3 Å². The minimum Gasteiger partial charge on any atom is -0.478 e. The molecule has 0 aromatic heterocycles. The fraction of sp³-hybridized carbons (Fsp3) is 0.345. The molecule has 3 nitrogen and oxygen atoms in total. The van der Waals surface area contributed by atoms with Crippen LogP contribution in [0.15, 0.2) is 66.7 Å². The van der Waals surface area contributed by atoms with Crippen LogP contribution in [0, 0.1) is 0 Å². The van der Waals surface area contributed by atoms with Gasteiger partial charge in [0.2, 0.25) is 0 Å². The van der Waals surface area contributed by atoms with E-state index < -0.39 is 12.6 Å². The van der Waals surface area contributed by atoms with E-state index in [0.29, 0.717) is 11.1 Å². The van der Waals surface area contributed by atoms with Gasteiger partial charge >= 0.3 is 12.6 Å². The molecule has 0 radical (unpaired) electrons. The first kappa shape index (κ1) is 25.4. The molecule has 0 saturated heterocycles. The number of benzene rings is 3. The van der Waals surface area contributed by atoms with Gasteiger partial charge in [-0.05, 0) is 58.9 Å². The number of halogens is 2. The van der Waals surface area contributed by atoms with Crippen molar-refractivity contribution in [1.29, 1.82) is 0 Å². The second-order valence-corrected chi connectivity index (χ2v) is 8.54. The van der Waals surface area contributed by atoms with Gasteiger partial charge in [-0.3, -0.25) is 0 Å². The monoisotopic (exact) mass is 466 g/mol.